The normalized spacial score (nSPS) is 19.0. The molecule has 0 saturated carbocycles. The zero-order valence-corrected chi connectivity index (χ0v) is 13.9. The minimum atomic E-state index is -0.861. The molecule has 19 heavy (non-hydrogen) atoms. The fourth-order valence-corrected chi connectivity index (χ4v) is 2.35. The van der Waals surface area contributed by atoms with Gasteiger partial charge in [-0.05, 0) is 46.2 Å². The molecule has 4 nitrogen and oxygen atoms in total. The molecular weight excluding hydrogens is 240 g/mol. The van der Waals surface area contributed by atoms with Crippen LogP contribution in [-0.2, 0) is 4.79 Å². The molecule has 0 aliphatic rings. The van der Waals surface area contributed by atoms with Crippen LogP contribution >= 0.6 is 0 Å². The zero-order chi connectivity index (χ0) is 15.4. The molecule has 0 saturated heterocycles. The van der Waals surface area contributed by atoms with Gasteiger partial charge in [0.2, 0.25) is 0 Å². The predicted molar refractivity (Wildman–Crippen MR) is 80.5 cm³/mol. The molecule has 2 N–H and O–H groups in total. The number of carbonyl (C=O) groups is 1. The lowest BCUT2D eigenvalue weighted by atomic mass is 9.85. The van der Waals surface area contributed by atoms with E-state index in [9.17, 15) is 9.90 Å². The number of likely N-dealkylation sites (N-methyl/N-ethyl adjacent to an activating group) is 1. The minimum absolute atomic E-state index is 0.181. The van der Waals surface area contributed by atoms with Gasteiger partial charge in [0.25, 0.3) is 0 Å². The summed E-state index contributed by atoms with van der Waals surface area (Å²) in [5.41, 5.74) is -0.680. The van der Waals surface area contributed by atoms with Crippen molar-refractivity contribution in [2.24, 2.45) is 5.41 Å². The Hall–Kier alpha value is -0.610. The van der Waals surface area contributed by atoms with Crippen LogP contribution in [0.1, 0.15) is 54.9 Å². The maximum atomic E-state index is 11.5. The average Bonchev–Trinajstić information content (AvgIpc) is 2.25. The van der Waals surface area contributed by atoms with E-state index in [2.05, 4.69) is 51.9 Å². The first-order valence-corrected chi connectivity index (χ1v) is 7.16. The molecular formula is C15H32N2O2. The molecule has 114 valence electrons. The molecule has 0 aliphatic carbocycles. The second-order valence-electron chi connectivity index (χ2n) is 6.93. The fourth-order valence-electron chi connectivity index (χ4n) is 2.35. The highest BCUT2D eigenvalue weighted by molar-refractivity contribution is 5.78. The van der Waals surface area contributed by atoms with Crippen molar-refractivity contribution in [2.75, 3.05) is 13.6 Å². The summed E-state index contributed by atoms with van der Waals surface area (Å²) < 4.78 is 0. The van der Waals surface area contributed by atoms with Gasteiger partial charge in [0.15, 0.2) is 0 Å². The van der Waals surface area contributed by atoms with Crippen LogP contribution in [0.4, 0.5) is 0 Å². The first kappa shape index (κ1) is 18.4. The van der Waals surface area contributed by atoms with Crippen molar-refractivity contribution in [2.45, 2.75) is 72.5 Å². The quantitative estimate of drug-likeness (QED) is 0.748. The van der Waals surface area contributed by atoms with Crippen molar-refractivity contribution in [1.82, 2.24) is 10.2 Å². The summed E-state index contributed by atoms with van der Waals surface area (Å²) in [6.45, 7) is 15.3. The topological polar surface area (TPSA) is 52.6 Å². The largest absolute Gasteiger partial charge is 0.480 e. The van der Waals surface area contributed by atoms with Crippen LogP contribution < -0.4 is 5.32 Å². The lowest BCUT2D eigenvalue weighted by Crippen LogP contribution is -2.54. The highest BCUT2D eigenvalue weighted by Gasteiger charge is 2.36. The number of aliphatic carboxylic acids is 1. The van der Waals surface area contributed by atoms with Crippen molar-refractivity contribution in [3.05, 3.63) is 0 Å². The molecule has 3 unspecified atom stereocenters. The summed E-state index contributed by atoms with van der Waals surface area (Å²) >= 11 is 0. The fraction of sp³-hybridized carbons (Fsp3) is 0.933. The van der Waals surface area contributed by atoms with E-state index in [1.54, 1.807) is 6.92 Å². The second kappa shape index (κ2) is 6.71. The second-order valence-corrected chi connectivity index (χ2v) is 6.93. The Labute approximate surface area is 118 Å². The van der Waals surface area contributed by atoms with E-state index in [4.69, 9.17) is 0 Å². The molecule has 0 aromatic carbocycles. The minimum Gasteiger partial charge on any atom is -0.480 e. The van der Waals surface area contributed by atoms with Crippen LogP contribution in [-0.4, -0.2) is 47.2 Å². The number of rotatable bonds is 7. The first-order chi connectivity index (χ1) is 8.45. The predicted octanol–water partition coefficient (Wildman–Crippen LogP) is 2.58. The number of hydrogen-bond acceptors (Lipinski definition) is 3. The molecule has 0 fully saturated rings. The summed E-state index contributed by atoms with van der Waals surface area (Å²) in [7, 11) is 2.08. The van der Waals surface area contributed by atoms with Gasteiger partial charge in [-0.2, -0.15) is 0 Å². The molecule has 0 aromatic rings. The standard InChI is InChI=1S/C15H32N2O2/c1-9-16-15(7,13(18)19)10-11(2)17(8)12(3)14(4,5)6/h11-12,16H,9-10H2,1-8H3,(H,18,19). The Morgan fingerprint density at radius 1 is 1.26 bits per heavy atom. The summed E-state index contributed by atoms with van der Waals surface area (Å²) in [5, 5.41) is 12.5. The summed E-state index contributed by atoms with van der Waals surface area (Å²) in [6.07, 6.45) is 0.590. The molecule has 0 bridgehead atoms. The maximum absolute atomic E-state index is 11.5. The van der Waals surface area contributed by atoms with E-state index in [0.29, 0.717) is 19.0 Å². The third kappa shape index (κ3) is 5.11. The van der Waals surface area contributed by atoms with E-state index < -0.39 is 11.5 Å². The van der Waals surface area contributed by atoms with E-state index in [0.717, 1.165) is 0 Å². The molecule has 0 amide bonds. The van der Waals surface area contributed by atoms with Gasteiger partial charge >= 0.3 is 5.97 Å². The van der Waals surface area contributed by atoms with Gasteiger partial charge in [0.05, 0.1) is 0 Å². The van der Waals surface area contributed by atoms with Gasteiger partial charge < -0.3 is 15.3 Å². The van der Waals surface area contributed by atoms with Crippen molar-refractivity contribution in [3.8, 4) is 0 Å². The molecule has 0 heterocycles. The molecule has 0 aromatic heterocycles. The first-order valence-electron chi connectivity index (χ1n) is 7.16. The highest BCUT2D eigenvalue weighted by atomic mass is 16.4. The Balaban J connectivity index is 4.83. The lowest BCUT2D eigenvalue weighted by molar-refractivity contribution is -0.145. The van der Waals surface area contributed by atoms with Gasteiger partial charge in [-0.1, -0.05) is 27.7 Å². The number of carboxylic acids is 1. The van der Waals surface area contributed by atoms with Gasteiger partial charge in [0, 0.05) is 12.1 Å². The van der Waals surface area contributed by atoms with Crippen LogP contribution in [0.15, 0.2) is 0 Å². The Morgan fingerprint density at radius 2 is 1.74 bits per heavy atom. The third-order valence-electron chi connectivity index (χ3n) is 4.30. The van der Waals surface area contributed by atoms with E-state index >= 15 is 0 Å². The van der Waals surface area contributed by atoms with E-state index in [1.165, 1.54) is 0 Å². The smallest absolute Gasteiger partial charge is 0.323 e. The third-order valence-corrected chi connectivity index (χ3v) is 4.30. The number of hydrogen-bond donors (Lipinski definition) is 2. The zero-order valence-electron chi connectivity index (χ0n) is 13.9. The average molecular weight is 272 g/mol. The lowest BCUT2D eigenvalue weighted by Gasteiger charge is -2.41. The summed E-state index contributed by atoms with van der Waals surface area (Å²) in [5.74, 6) is -0.780. The molecule has 4 heteroatoms. The summed E-state index contributed by atoms with van der Waals surface area (Å²) in [6, 6.07) is 0.594. The van der Waals surface area contributed by atoms with Crippen molar-refractivity contribution < 1.29 is 9.90 Å². The molecule has 0 aliphatic heterocycles. The van der Waals surface area contributed by atoms with Crippen molar-refractivity contribution >= 4 is 5.97 Å². The Bertz CT molecular complexity index is 299. The highest BCUT2D eigenvalue weighted by Crippen LogP contribution is 2.26. The van der Waals surface area contributed by atoms with Gasteiger partial charge in [-0.15, -0.1) is 0 Å². The van der Waals surface area contributed by atoms with Crippen LogP contribution in [0.5, 0.6) is 0 Å². The maximum Gasteiger partial charge on any atom is 0.323 e. The van der Waals surface area contributed by atoms with Crippen LogP contribution in [0, 0.1) is 5.41 Å². The van der Waals surface area contributed by atoms with E-state index in [-0.39, 0.29) is 11.5 Å². The monoisotopic (exact) mass is 272 g/mol. The van der Waals surface area contributed by atoms with E-state index in [1.807, 2.05) is 6.92 Å². The number of nitrogens with one attached hydrogen (secondary N) is 1. The van der Waals surface area contributed by atoms with Crippen LogP contribution in [0.3, 0.4) is 0 Å². The SMILES string of the molecule is CCNC(C)(CC(C)N(C)C(C)C(C)(C)C)C(=O)O. The Morgan fingerprint density at radius 3 is 2.05 bits per heavy atom. The van der Waals surface area contributed by atoms with Crippen LogP contribution in [0.25, 0.3) is 0 Å². The van der Waals surface area contributed by atoms with Gasteiger partial charge in [-0.25, -0.2) is 0 Å². The number of nitrogens with zero attached hydrogens (tertiary/aromatic N) is 1. The molecule has 0 radical (unpaired) electrons. The molecule has 3 atom stereocenters. The van der Waals surface area contributed by atoms with Crippen molar-refractivity contribution in [3.63, 3.8) is 0 Å². The van der Waals surface area contributed by atoms with Gasteiger partial charge in [0.1, 0.15) is 5.54 Å². The summed E-state index contributed by atoms with van der Waals surface area (Å²) in [4.78, 5) is 13.7. The molecule has 0 spiro atoms. The van der Waals surface area contributed by atoms with Crippen LogP contribution in [0.2, 0.25) is 0 Å². The van der Waals surface area contributed by atoms with Crippen molar-refractivity contribution in [1.29, 1.82) is 0 Å². The van der Waals surface area contributed by atoms with Gasteiger partial charge in [-0.3, -0.25) is 4.79 Å². The molecule has 0 rings (SSSR count). The Kier molecular flexibility index (Phi) is 6.49. The number of carboxylic acid groups (broad SMARTS) is 1.